The Labute approximate surface area is 171 Å². The zero-order valence-corrected chi connectivity index (χ0v) is 16.9. The molecule has 5 nitrogen and oxygen atoms in total. The maximum absolute atomic E-state index is 13.0. The SMILES string of the molecule is CC(C)C[C@]1(C(=O)O)CCCN1C(=O)OCC1c2ccccc2-c2ccccc21. The van der Waals surface area contributed by atoms with Crippen LogP contribution in [-0.2, 0) is 9.53 Å². The Kier molecular flexibility index (Phi) is 5.07. The highest BCUT2D eigenvalue weighted by Crippen LogP contribution is 2.45. The molecule has 0 unspecified atom stereocenters. The number of rotatable bonds is 5. The molecule has 0 spiro atoms. The smallest absolute Gasteiger partial charge is 0.410 e. The lowest BCUT2D eigenvalue weighted by atomic mass is 9.86. The van der Waals surface area contributed by atoms with E-state index in [0.717, 1.165) is 11.1 Å². The van der Waals surface area contributed by atoms with Crippen LogP contribution in [0.15, 0.2) is 48.5 Å². The molecule has 0 aromatic heterocycles. The van der Waals surface area contributed by atoms with Gasteiger partial charge in [0, 0.05) is 12.5 Å². The summed E-state index contributed by atoms with van der Waals surface area (Å²) in [5.74, 6) is -0.788. The average molecular weight is 393 g/mol. The minimum absolute atomic E-state index is 0.0294. The van der Waals surface area contributed by atoms with Gasteiger partial charge in [-0.1, -0.05) is 62.4 Å². The minimum atomic E-state index is -1.16. The number of hydrogen-bond acceptors (Lipinski definition) is 3. The number of fused-ring (bicyclic) bond motifs is 3. The summed E-state index contributed by atoms with van der Waals surface area (Å²) in [7, 11) is 0. The summed E-state index contributed by atoms with van der Waals surface area (Å²) in [5.41, 5.74) is 3.48. The molecular weight excluding hydrogens is 366 g/mol. The molecule has 2 aromatic carbocycles. The van der Waals surface area contributed by atoms with E-state index in [-0.39, 0.29) is 18.4 Å². The fourth-order valence-corrected chi connectivity index (χ4v) is 5.01. The quantitative estimate of drug-likeness (QED) is 0.784. The fourth-order valence-electron chi connectivity index (χ4n) is 5.01. The van der Waals surface area contributed by atoms with Gasteiger partial charge in [0.05, 0.1) is 0 Å². The van der Waals surface area contributed by atoms with Crippen LogP contribution in [0.25, 0.3) is 11.1 Å². The molecule has 2 aliphatic rings. The van der Waals surface area contributed by atoms with E-state index in [1.54, 1.807) is 0 Å². The number of nitrogens with zero attached hydrogens (tertiary/aromatic N) is 1. The average Bonchev–Trinajstić information content (AvgIpc) is 3.26. The number of benzene rings is 2. The maximum Gasteiger partial charge on any atom is 0.410 e. The summed E-state index contributed by atoms with van der Waals surface area (Å²) < 4.78 is 5.73. The summed E-state index contributed by atoms with van der Waals surface area (Å²) in [6, 6.07) is 16.4. The van der Waals surface area contributed by atoms with E-state index in [2.05, 4.69) is 24.3 Å². The second-order valence-electron chi connectivity index (χ2n) is 8.49. The van der Waals surface area contributed by atoms with Crippen molar-refractivity contribution in [3.8, 4) is 11.1 Å². The third-order valence-electron chi connectivity index (χ3n) is 6.19. The third kappa shape index (κ3) is 3.28. The van der Waals surface area contributed by atoms with E-state index in [9.17, 15) is 14.7 Å². The molecule has 0 saturated carbocycles. The Balaban J connectivity index is 1.55. The predicted octanol–water partition coefficient (Wildman–Crippen LogP) is 4.90. The molecule has 0 radical (unpaired) electrons. The maximum atomic E-state index is 13.0. The molecule has 152 valence electrons. The number of carbonyl (C=O) groups is 2. The van der Waals surface area contributed by atoms with Crippen molar-refractivity contribution in [1.29, 1.82) is 0 Å². The van der Waals surface area contributed by atoms with Crippen LogP contribution >= 0.6 is 0 Å². The molecule has 5 heteroatoms. The fraction of sp³-hybridized carbons (Fsp3) is 0.417. The van der Waals surface area contributed by atoms with Crippen molar-refractivity contribution in [2.75, 3.05) is 13.2 Å². The van der Waals surface area contributed by atoms with Gasteiger partial charge in [0.25, 0.3) is 0 Å². The number of aliphatic carboxylic acids is 1. The predicted molar refractivity (Wildman–Crippen MR) is 111 cm³/mol. The van der Waals surface area contributed by atoms with E-state index < -0.39 is 17.6 Å². The lowest BCUT2D eigenvalue weighted by molar-refractivity contribution is -0.150. The van der Waals surface area contributed by atoms with E-state index in [4.69, 9.17) is 4.74 Å². The first-order chi connectivity index (χ1) is 13.9. The monoisotopic (exact) mass is 393 g/mol. The van der Waals surface area contributed by atoms with Crippen molar-refractivity contribution < 1.29 is 19.4 Å². The number of carboxylic acid groups (broad SMARTS) is 1. The number of hydrogen-bond donors (Lipinski definition) is 1. The number of likely N-dealkylation sites (tertiary alicyclic amines) is 1. The highest BCUT2D eigenvalue weighted by atomic mass is 16.6. The molecule has 4 rings (SSSR count). The van der Waals surface area contributed by atoms with Gasteiger partial charge < -0.3 is 9.84 Å². The van der Waals surface area contributed by atoms with Crippen molar-refractivity contribution >= 4 is 12.1 Å². The standard InChI is InChI=1S/C24H27NO4/c1-16(2)14-24(22(26)27)12-7-13-25(24)23(28)29-15-21-19-10-5-3-8-17(19)18-9-4-6-11-20(18)21/h3-6,8-11,16,21H,7,12-15H2,1-2H3,(H,26,27)/t24-/m0/s1. The lowest BCUT2D eigenvalue weighted by Gasteiger charge is -2.35. The summed E-state index contributed by atoms with van der Waals surface area (Å²) in [4.78, 5) is 26.5. The molecule has 1 heterocycles. The molecule has 0 bridgehead atoms. The topological polar surface area (TPSA) is 66.8 Å². The van der Waals surface area contributed by atoms with Gasteiger partial charge >= 0.3 is 12.1 Å². The van der Waals surface area contributed by atoms with Crippen LogP contribution in [0.1, 0.15) is 50.2 Å². The zero-order chi connectivity index (χ0) is 20.6. The normalized spacial score (nSPS) is 20.6. The van der Waals surface area contributed by atoms with Gasteiger partial charge in [-0.25, -0.2) is 9.59 Å². The molecule has 1 atom stereocenters. The molecular formula is C24H27NO4. The van der Waals surface area contributed by atoms with Crippen LogP contribution in [-0.4, -0.2) is 40.8 Å². The number of ether oxygens (including phenoxy) is 1. The van der Waals surface area contributed by atoms with Crippen LogP contribution in [0.4, 0.5) is 4.79 Å². The first-order valence-corrected chi connectivity index (χ1v) is 10.3. The van der Waals surface area contributed by atoms with Crippen LogP contribution < -0.4 is 0 Å². The van der Waals surface area contributed by atoms with Gasteiger partial charge in [-0.15, -0.1) is 0 Å². The van der Waals surface area contributed by atoms with Crippen molar-refractivity contribution in [2.45, 2.75) is 44.6 Å². The van der Waals surface area contributed by atoms with Crippen molar-refractivity contribution in [2.24, 2.45) is 5.92 Å². The van der Waals surface area contributed by atoms with Crippen molar-refractivity contribution in [3.05, 3.63) is 59.7 Å². The van der Waals surface area contributed by atoms with E-state index in [1.165, 1.54) is 16.0 Å². The van der Waals surface area contributed by atoms with E-state index in [1.807, 2.05) is 38.1 Å². The molecule has 1 saturated heterocycles. The van der Waals surface area contributed by atoms with Crippen LogP contribution in [0.5, 0.6) is 0 Å². The lowest BCUT2D eigenvalue weighted by Crippen LogP contribution is -2.54. The Morgan fingerprint density at radius 3 is 2.24 bits per heavy atom. The summed E-state index contributed by atoms with van der Waals surface area (Å²) in [6.45, 7) is 4.61. The zero-order valence-electron chi connectivity index (χ0n) is 16.9. The Morgan fingerprint density at radius 1 is 1.10 bits per heavy atom. The minimum Gasteiger partial charge on any atom is -0.479 e. The first kappa shape index (κ1) is 19.5. The van der Waals surface area contributed by atoms with Crippen molar-refractivity contribution in [1.82, 2.24) is 4.90 Å². The summed E-state index contributed by atoms with van der Waals surface area (Å²) >= 11 is 0. The number of amides is 1. The highest BCUT2D eigenvalue weighted by Gasteiger charge is 2.51. The van der Waals surface area contributed by atoms with Crippen LogP contribution in [0.3, 0.4) is 0 Å². The Hall–Kier alpha value is -2.82. The van der Waals surface area contributed by atoms with Gasteiger partial charge in [-0.05, 0) is 47.4 Å². The van der Waals surface area contributed by atoms with Crippen LogP contribution in [0.2, 0.25) is 0 Å². The molecule has 1 amide bonds. The molecule has 2 aromatic rings. The van der Waals surface area contributed by atoms with Gasteiger partial charge in [-0.2, -0.15) is 0 Å². The van der Waals surface area contributed by atoms with Gasteiger partial charge in [-0.3, -0.25) is 4.90 Å². The number of carboxylic acids is 1. The van der Waals surface area contributed by atoms with Gasteiger partial charge in [0.15, 0.2) is 0 Å². The van der Waals surface area contributed by atoms with E-state index in [0.29, 0.717) is 25.8 Å². The summed E-state index contributed by atoms with van der Waals surface area (Å²) in [5, 5.41) is 9.92. The molecule has 1 fully saturated rings. The highest BCUT2D eigenvalue weighted by molar-refractivity contribution is 5.85. The second-order valence-corrected chi connectivity index (χ2v) is 8.49. The van der Waals surface area contributed by atoms with Gasteiger partial charge in [0.1, 0.15) is 12.1 Å². The second kappa shape index (κ2) is 7.54. The molecule has 29 heavy (non-hydrogen) atoms. The van der Waals surface area contributed by atoms with Crippen LogP contribution in [0, 0.1) is 5.92 Å². The number of carbonyl (C=O) groups excluding carboxylic acids is 1. The first-order valence-electron chi connectivity index (χ1n) is 10.3. The Bertz CT molecular complexity index is 892. The van der Waals surface area contributed by atoms with Gasteiger partial charge in [0.2, 0.25) is 0 Å². The van der Waals surface area contributed by atoms with Crippen molar-refractivity contribution in [3.63, 3.8) is 0 Å². The largest absolute Gasteiger partial charge is 0.479 e. The summed E-state index contributed by atoms with van der Waals surface area (Å²) in [6.07, 6.45) is 1.08. The third-order valence-corrected chi connectivity index (χ3v) is 6.19. The Morgan fingerprint density at radius 2 is 1.69 bits per heavy atom. The molecule has 1 N–H and O–H groups in total. The molecule has 1 aliphatic heterocycles. The molecule has 1 aliphatic carbocycles. The van der Waals surface area contributed by atoms with E-state index >= 15 is 0 Å².